The molecule has 5 aromatic rings. The minimum absolute atomic E-state index is 0.233. The van der Waals surface area contributed by atoms with Crippen LogP contribution in [0.5, 0.6) is 0 Å². The number of nitrogens with zero attached hydrogens (tertiary/aromatic N) is 4. The number of aromatic nitrogens is 4. The van der Waals surface area contributed by atoms with Crippen LogP contribution in [0, 0.1) is 0 Å². The Kier molecular flexibility index (Phi) is 2.84. The average molecular weight is 393 g/mol. The van der Waals surface area contributed by atoms with Crippen LogP contribution in [0.3, 0.4) is 0 Å². The Morgan fingerprint density at radius 1 is 0.800 bits per heavy atom. The zero-order valence-electron chi connectivity index (χ0n) is 12.7. The Balaban J connectivity index is 2.16. The SMILES string of the molecule is O=c1c2ccccc2nc2n1cc(Br)c1nc3ccccc3c(=O)n12. The van der Waals surface area contributed by atoms with Crippen LogP contribution >= 0.6 is 15.9 Å². The summed E-state index contributed by atoms with van der Waals surface area (Å²) < 4.78 is 3.29. The summed E-state index contributed by atoms with van der Waals surface area (Å²) >= 11 is 3.43. The third kappa shape index (κ3) is 1.90. The van der Waals surface area contributed by atoms with Crippen molar-refractivity contribution in [1.82, 2.24) is 18.8 Å². The third-order valence-corrected chi connectivity index (χ3v) is 4.78. The van der Waals surface area contributed by atoms with Gasteiger partial charge >= 0.3 is 0 Å². The Morgan fingerprint density at radius 3 is 2.12 bits per heavy atom. The highest BCUT2D eigenvalue weighted by molar-refractivity contribution is 9.10. The van der Waals surface area contributed by atoms with Crippen LogP contribution in [-0.4, -0.2) is 18.8 Å². The molecule has 0 aliphatic carbocycles. The molecule has 0 atom stereocenters. The van der Waals surface area contributed by atoms with Crippen molar-refractivity contribution in [3.05, 3.63) is 79.9 Å². The summed E-state index contributed by atoms with van der Waals surface area (Å²) in [7, 11) is 0. The number of fused-ring (bicyclic) bond motifs is 5. The molecule has 7 heteroatoms. The Bertz CT molecular complexity index is 1450. The molecule has 0 aliphatic rings. The van der Waals surface area contributed by atoms with Crippen molar-refractivity contribution in [2.24, 2.45) is 0 Å². The second-order valence-electron chi connectivity index (χ2n) is 5.67. The van der Waals surface area contributed by atoms with Crippen molar-refractivity contribution < 1.29 is 0 Å². The van der Waals surface area contributed by atoms with Crippen LogP contribution in [0.4, 0.5) is 0 Å². The van der Waals surface area contributed by atoms with E-state index in [9.17, 15) is 9.59 Å². The monoisotopic (exact) mass is 392 g/mol. The first kappa shape index (κ1) is 14.3. The number of rotatable bonds is 0. The number of benzene rings is 2. The van der Waals surface area contributed by atoms with Crippen LogP contribution in [0.1, 0.15) is 0 Å². The maximum atomic E-state index is 13.0. The molecular weight excluding hydrogens is 384 g/mol. The Hall–Kier alpha value is -3.06. The molecule has 0 saturated carbocycles. The van der Waals surface area contributed by atoms with Gasteiger partial charge in [-0.1, -0.05) is 24.3 Å². The van der Waals surface area contributed by atoms with Crippen LogP contribution in [-0.2, 0) is 0 Å². The highest BCUT2D eigenvalue weighted by Crippen LogP contribution is 2.19. The fourth-order valence-electron chi connectivity index (χ4n) is 3.06. The topological polar surface area (TPSA) is 68.7 Å². The van der Waals surface area contributed by atoms with Crippen LogP contribution in [0.25, 0.3) is 33.2 Å². The number of hydrogen-bond donors (Lipinski definition) is 0. The molecule has 3 heterocycles. The van der Waals surface area contributed by atoms with Crippen molar-refractivity contribution in [2.45, 2.75) is 0 Å². The zero-order chi connectivity index (χ0) is 17.1. The van der Waals surface area contributed by atoms with E-state index in [-0.39, 0.29) is 16.9 Å². The summed E-state index contributed by atoms with van der Waals surface area (Å²) in [6.45, 7) is 0. The van der Waals surface area contributed by atoms with Crippen molar-refractivity contribution >= 4 is 49.2 Å². The normalized spacial score (nSPS) is 11.7. The molecule has 0 amide bonds. The summed E-state index contributed by atoms with van der Waals surface area (Å²) in [5, 5.41) is 0.968. The first-order valence-electron chi connectivity index (χ1n) is 7.56. The van der Waals surface area contributed by atoms with Gasteiger partial charge in [0.2, 0.25) is 5.78 Å². The summed E-state index contributed by atoms with van der Waals surface area (Å²) in [4.78, 5) is 35.0. The number of hydrogen-bond acceptors (Lipinski definition) is 4. The lowest BCUT2D eigenvalue weighted by Gasteiger charge is -2.10. The second-order valence-corrected chi connectivity index (χ2v) is 6.53. The molecule has 120 valence electrons. The quantitative estimate of drug-likeness (QED) is 0.300. The summed E-state index contributed by atoms with van der Waals surface area (Å²) in [6, 6.07) is 14.2. The molecule has 0 bridgehead atoms. The lowest BCUT2D eigenvalue weighted by molar-refractivity contribution is 0.955. The molecule has 5 rings (SSSR count). The van der Waals surface area contributed by atoms with E-state index in [2.05, 4.69) is 25.9 Å². The highest BCUT2D eigenvalue weighted by Gasteiger charge is 2.15. The van der Waals surface area contributed by atoms with Gasteiger partial charge in [0.15, 0.2) is 5.65 Å². The van der Waals surface area contributed by atoms with Gasteiger partial charge in [-0.15, -0.1) is 0 Å². The highest BCUT2D eigenvalue weighted by atomic mass is 79.9. The maximum absolute atomic E-state index is 13.0. The molecule has 3 aromatic heterocycles. The fourth-order valence-corrected chi connectivity index (χ4v) is 3.53. The van der Waals surface area contributed by atoms with Gasteiger partial charge in [0.1, 0.15) is 0 Å². The molecule has 0 saturated heterocycles. The maximum Gasteiger partial charge on any atom is 0.268 e. The van der Waals surface area contributed by atoms with E-state index in [4.69, 9.17) is 0 Å². The van der Waals surface area contributed by atoms with E-state index in [0.717, 1.165) is 0 Å². The Labute approximate surface area is 148 Å². The molecule has 0 spiro atoms. The molecule has 0 N–H and O–H groups in total. The average Bonchev–Trinajstić information content (AvgIpc) is 2.63. The number of para-hydroxylation sites is 2. The van der Waals surface area contributed by atoms with Gasteiger partial charge in [0.05, 0.1) is 26.3 Å². The van der Waals surface area contributed by atoms with Crippen molar-refractivity contribution in [1.29, 1.82) is 0 Å². The molecule has 0 radical (unpaired) electrons. The van der Waals surface area contributed by atoms with Crippen LogP contribution in [0.15, 0.2) is 68.8 Å². The van der Waals surface area contributed by atoms with E-state index in [1.807, 2.05) is 12.1 Å². The smallest absolute Gasteiger partial charge is 0.268 e. The van der Waals surface area contributed by atoms with Gasteiger partial charge < -0.3 is 0 Å². The minimum Gasteiger partial charge on any atom is -0.268 e. The summed E-state index contributed by atoms with van der Waals surface area (Å²) in [6.07, 6.45) is 1.60. The molecule has 0 unspecified atom stereocenters. The summed E-state index contributed by atoms with van der Waals surface area (Å²) in [5.74, 6) is 0.241. The van der Waals surface area contributed by atoms with Crippen molar-refractivity contribution in [2.75, 3.05) is 0 Å². The third-order valence-electron chi connectivity index (χ3n) is 4.22. The molecule has 6 nitrogen and oxygen atoms in total. The Morgan fingerprint density at radius 2 is 1.40 bits per heavy atom. The van der Waals surface area contributed by atoms with Gasteiger partial charge in [-0.05, 0) is 40.2 Å². The molecular formula is C18H9BrN4O2. The molecule has 25 heavy (non-hydrogen) atoms. The standard InChI is InChI=1S/C18H9BrN4O2/c19-12-9-22-16(24)10-5-1-4-8-14(10)21-18(22)23-15(12)20-13-7-3-2-6-11(13)17(23)25/h1-9H. The summed E-state index contributed by atoms with van der Waals surface area (Å²) in [5.41, 5.74) is 1.06. The van der Waals surface area contributed by atoms with E-state index in [0.29, 0.717) is 31.9 Å². The van der Waals surface area contributed by atoms with Gasteiger partial charge in [0, 0.05) is 6.20 Å². The van der Waals surface area contributed by atoms with Gasteiger partial charge in [0.25, 0.3) is 11.1 Å². The van der Waals surface area contributed by atoms with Gasteiger partial charge in [-0.2, -0.15) is 0 Å². The van der Waals surface area contributed by atoms with Crippen LogP contribution in [0.2, 0.25) is 0 Å². The van der Waals surface area contributed by atoms with Crippen molar-refractivity contribution in [3.63, 3.8) is 0 Å². The van der Waals surface area contributed by atoms with E-state index in [1.54, 1.807) is 42.6 Å². The molecule has 0 aliphatic heterocycles. The first-order chi connectivity index (χ1) is 12.1. The van der Waals surface area contributed by atoms with E-state index >= 15 is 0 Å². The van der Waals surface area contributed by atoms with Gasteiger partial charge in [-0.3, -0.25) is 14.0 Å². The lowest BCUT2D eigenvalue weighted by Crippen LogP contribution is -2.24. The predicted octanol–water partition coefficient (Wildman–Crippen LogP) is 2.77. The largest absolute Gasteiger partial charge is 0.268 e. The predicted molar refractivity (Wildman–Crippen MR) is 99.2 cm³/mol. The van der Waals surface area contributed by atoms with Gasteiger partial charge in [-0.25, -0.2) is 14.4 Å². The lowest BCUT2D eigenvalue weighted by atomic mass is 10.2. The second kappa shape index (κ2) is 4.97. The van der Waals surface area contributed by atoms with E-state index in [1.165, 1.54) is 8.80 Å². The molecule has 2 aromatic carbocycles. The number of halogens is 1. The zero-order valence-corrected chi connectivity index (χ0v) is 14.3. The van der Waals surface area contributed by atoms with E-state index < -0.39 is 0 Å². The minimum atomic E-state index is -0.262. The molecule has 0 fully saturated rings. The first-order valence-corrected chi connectivity index (χ1v) is 8.35. The fraction of sp³-hybridized carbons (Fsp3) is 0. The van der Waals surface area contributed by atoms with Crippen molar-refractivity contribution in [3.8, 4) is 0 Å². The van der Waals surface area contributed by atoms with Crippen LogP contribution < -0.4 is 11.1 Å².